The van der Waals surface area contributed by atoms with Gasteiger partial charge in [0.05, 0.1) is 12.0 Å². The number of rotatable bonds is 4. The average Bonchev–Trinajstić information content (AvgIpc) is 3.08. The highest BCUT2D eigenvalue weighted by atomic mass is 16.2. The maximum atomic E-state index is 13.2. The third-order valence-electron chi connectivity index (χ3n) is 5.52. The zero-order chi connectivity index (χ0) is 21.1. The molecule has 0 aliphatic carbocycles. The van der Waals surface area contributed by atoms with Gasteiger partial charge in [0.25, 0.3) is 5.91 Å². The molecule has 1 aliphatic rings. The van der Waals surface area contributed by atoms with Crippen LogP contribution in [0.1, 0.15) is 27.4 Å². The van der Waals surface area contributed by atoms with Crippen LogP contribution in [-0.4, -0.2) is 62.3 Å². The molecule has 0 bridgehead atoms. The summed E-state index contributed by atoms with van der Waals surface area (Å²) < 4.78 is 2.00. The van der Waals surface area contributed by atoms with Gasteiger partial charge in [0.15, 0.2) is 0 Å². The van der Waals surface area contributed by atoms with Gasteiger partial charge in [-0.15, -0.1) is 0 Å². The lowest BCUT2D eigenvalue weighted by Gasteiger charge is -2.34. The summed E-state index contributed by atoms with van der Waals surface area (Å²) in [4.78, 5) is 38.0. The first-order valence-corrected chi connectivity index (χ1v) is 10.1. The van der Waals surface area contributed by atoms with Gasteiger partial charge in [0.1, 0.15) is 5.82 Å². The number of hydrogen-bond donors (Lipinski definition) is 0. The van der Waals surface area contributed by atoms with Gasteiger partial charge in [-0.2, -0.15) is 0 Å². The van der Waals surface area contributed by atoms with Crippen LogP contribution in [0.25, 0.3) is 5.82 Å². The summed E-state index contributed by atoms with van der Waals surface area (Å²) >= 11 is 0. The van der Waals surface area contributed by atoms with E-state index >= 15 is 0 Å². The van der Waals surface area contributed by atoms with Crippen LogP contribution in [0.2, 0.25) is 0 Å². The van der Waals surface area contributed by atoms with Crippen molar-refractivity contribution in [2.24, 2.45) is 0 Å². The van der Waals surface area contributed by atoms with Crippen LogP contribution in [-0.2, 0) is 11.2 Å². The molecular weight excluding hydrogens is 378 g/mol. The molecule has 3 aromatic heterocycles. The summed E-state index contributed by atoms with van der Waals surface area (Å²) in [5, 5.41) is 0. The molecule has 30 heavy (non-hydrogen) atoms. The molecule has 0 atom stereocenters. The number of hydrogen-bond acceptors (Lipinski definition) is 4. The molecule has 154 valence electrons. The minimum atomic E-state index is 0.00195. The SMILES string of the molecule is Cc1cc(C(=O)N2CCN(C(=O)Cc3ccccn3)CC2)c(C)n1-c1ccccn1. The number of aromatic nitrogens is 3. The zero-order valence-corrected chi connectivity index (χ0v) is 17.3. The molecule has 4 heterocycles. The fraction of sp³-hybridized carbons (Fsp3) is 0.304. The first-order valence-electron chi connectivity index (χ1n) is 10.1. The van der Waals surface area contributed by atoms with E-state index in [2.05, 4.69) is 9.97 Å². The van der Waals surface area contributed by atoms with E-state index < -0.39 is 0 Å². The Morgan fingerprint density at radius 3 is 2.20 bits per heavy atom. The van der Waals surface area contributed by atoms with Crippen molar-refractivity contribution in [1.82, 2.24) is 24.3 Å². The quantitative estimate of drug-likeness (QED) is 0.671. The molecule has 0 unspecified atom stereocenters. The molecule has 1 aliphatic heterocycles. The molecule has 0 N–H and O–H groups in total. The maximum absolute atomic E-state index is 13.2. The number of carbonyl (C=O) groups excluding carboxylic acids is 2. The van der Waals surface area contributed by atoms with Crippen molar-refractivity contribution in [2.45, 2.75) is 20.3 Å². The summed E-state index contributed by atoms with van der Waals surface area (Å²) in [5.41, 5.74) is 3.30. The molecule has 0 radical (unpaired) electrons. The van der Waals surface area contributed by atoms with Gasteiger partial charge >= 0.3 is 0 Å². The first-order chi connectivity index (χ1) is 14.5. The van der Waals surface area contributed by atoms with Crippen molar-refractivity contribution < 1.29 is 9.59 Å². The summed E-state index contributed by atoms with van der Waals surface area (Å²) in [5.74, 6) is 0.854. The Kier molecular flexibility index (Phi) is 5.61. The number of amides is 2. The highest BCUT2D eigenvalue weighted by Gasteiger charge is 2.27. The Balaban J connectivity index is 1.42. The van der Waals surface area contributed by atoms with E-state index in [4.69, 9.17) is 0 Å². The number of aryl methyl sites for hydroxylation is 1. The first kappa shape index (κ1) is 19.8. The van der Waals surface area contributed by atoms with Crippen molar-refractivity contribution >= 4 is 11.8 Å². The van der Waals surface area contributed by atoms with Gasteiger partial charge in [-0.05, 0) is 44.2 Å². The van der Waals surface area contributed by atoms with E-state index in [0.717, 1.165) is 22.9 Å². The molecule has 0 aromatic carbocycles. The van der Waals surface area contributed by atoms with Crippen LogP contribution in [0.3, 0.4) is 0 Å². The Morgan fingerprint density at radius 2 is 1.57 bits per heavy atom. The van der Waals surface area contributed by atoms with Gasteiger partial charge in [0, 0.05) is 55.7 Å². The Hall–Kier alpha value is -3.48. The summed E-state index contributed by atoms with van der Waals surface area (Å²) in [6.45, 7) is 6.06. The molecule has 0 spiro atoms. The van der Waals surface area contributed by atoms with Crippen molar-refractivity contribution in [2.75, 3.05) is 26.2 Å². The number of pyridine rings is 2. The van der Waals surface area contributed by atoms with Crippen LogP contribution in [0.4, 0.5) is 0 Å². The van der Waals surface area contributed by atoms with Crippen LogP contribution >= 0.6 is 0 Å². The normalized spacial score (nSPS) is 14.1. The van der Waals surface area contributed by atoms with E-state index in [1.807, 2.05) is 70.7 Å². The number of nitrogens with zero attached hydrogens (tertiary/aromatic N) is 5. The third-order valence-corrected chi connectivity index (χ3v) is 5.52. The van der Waals surface area contributed by atoms with Crippen molar-refractivity contribution in [3.05, 3.63) is 77.5 Å². The van der Waals surface area contributed by atoms with Gasteiger partial charge in [-0.1, -0.05) is 12.1 Å². The molecule has 7 nitrogen and oxygen atoms in total. The lowest BCUT2D eigenvalue weighted by atomic mass is 10.2. The molecule has 4 rings (SSSR count). The maximum Gasteiger partial charge on any atom is 0.255 e. The van der Waals surface area contributed by atoms with Crippen LogP contribution in [0, 0.1) is 13.8 Å². The average molecular weight is 403 g/mol. The van der Waals surface area contributed by atoms with Gasteiger partial charge in [0.2, 0.25) is 5.91 Å². The second-order valence-electron chi connectivity index (χ2n) is 7.48. The predicted octanol–water partition coefficient (Wildman–Crippen LogP) is 2.41. The van der Waals surface area contributed by atoms with E-state index in [-0.39, 0.29) is 11.8 Å². The van der Waals surface area contributed by atoms with E-state index in [0.29, 0.717) is 38.2 Å². The predicted molar refractivity (Wildman–Crippen MR) is 113 cm³/mol. The molecule has 0 saturated carbocycles. The van der Waals surface area contributed by atoms with Gasteiger partial charge < -0.3 is 14.4 Å². The van der Waals surface area contributed by atoms with Crippen molar-refractivity contribution in [3.63, 3.8) is 0 Å². The molecular formula is C23H25N5O2. The van der Waals surface area contributed by atoms with Gasteiger partial charge in [-0.25, -0.2) is 4.98 Å². The number of carbonyl (C=O) groups is 2. The van der Waals surface area contributed by atoms with E-state index in [1.165, 1.54) is 0 Å². The highest BCUT2D eigenvalue weighted by molar-refractivity contribution is 5.96. The summed E-state index contributed by atoms with van der Waals surface area (Å²) in [6.07, 6.45) is 3.73. The fourth-order valence-electron chi connectivity index (χ4n) is 3.92. The summed E-state index contributed by atoms with van der Waals surface area (Å²) in [7, 11) is 0. The molecule has 1 fully saturated rings. The molecule has 3 aromatic rings. The smallest absolute Gasteiger partial charge is 0.255 e. The Bertz CT molecular complexity index is 1040. The zero-order valence-electron chi connectivity index (χ0n) is 17.3. The van der Waals surface area contributed by atoms with Crippen LogP contribution in [0.5, 0.6) is 0 Å². The molecule has 2 amide bonds. The largest absolute Gasteiger partial charge is 0.339 e. The Morgan fingerprint density at radius 1 is 0.900 bits per heavy atom. The second-order valence-corrected chi connectivity index (χ2v) is 7.48. The monoisotopic (exact) mass is 403 g/mol. The van der Waals surface area contributed by atoms with Gasteiger partial charge in [-0.3, -0.25) is 14.6 Å². The molecule has 1 saturated heterocycles. The van der Waals surface area contributed by atoms with Crippen molar-refractivity contribution in [3.8, 4) is 5.82 Å². The Labute approximate surface area is 176 Å². The highest BCUT2D eigenvalue weighted by Crippen LogP contribution is 2.21. The summed E-state index contributed by atoms with van der Waals surface area (Å²) in [6, 6.07) is 13.2. The minimum Gasteiger partial charge on any atom is -0.339 e. The van der Waals surface area contributed by atoms with Crippen molar-refractivity contribution in [1.29, 1.82) is 0 Å². The van der Waals surface area contributed by atoms with Crippen LogP contribution in [0.15, 0.2) is 54.9 Å². The van der Waals surface area contributed by atoms with Crippen LogP contribution < -0.4 is 0 Å². The second kappa shape index (κ2) is 8.49. The fourth-order valence-corrected chi connectivity index (χ4v) is 3.92. The topological polar surface area (TPSA) is 71.3 Å². The lowest BCUT2D eigenvalue weighted by Crippen LogP contribution is -2.51. The standard InChI is InChI=1S/C23H25N5O2/c1-17-15-20(18(2)28(17)21-8-4-6-10-25-21)23(30)27-13-11-26(12-14-27)22(29)16-19-7-3-5-9-24-19/h3-10,15H,11-14,16H2,1-2H3. The van der Waals surface area contributed by atoms with E-state index in [1.54, 1.807) is 12.4 Å². The third kappa shape index (κ3) is 3.96. The number of piperazine rings is 1. The minimum absolute atomic E-state index is 0.00195. The van der Waals surface area contributed by atoms with E-state index in [9.17, 15) is 9.59 Å². The molecule has 7 heteroatoms. The lowest BCUT2D eigenvalue weighted by molar-refractivity contribution is -0.132.